The summed E-state index contributed by atoms with van der Waals surface area (Å²) in [6.45, 7) is 0.257. The van der Waals surface area contributed by atoms with Crippen molar-refractivity contribution >= 4 is 17.1 Å². The first-order valence-electron chi connectivity index (χ1n) is 4.42. The summed E-state index contributed by atoms with van der Waals surface area (Å²) in [4.78, 5) is 11.9. The molecule has 82 valence electrons. The number of hydrogen-bond acceptors (Lipinski definition) is 5. The van der Waals surface area contributed by atoms with Crippen molar-refractivity contribution in [2.24, 2.45) is 0 Å². The Morgan fingerprint density at radius 1 is 1.60 bits per heavy atom. The summed E-state index contributed by atoms with van der Waals surface area (Å²) in [5, 5.41) is 19.5. The lowest BCUT2D eigenvalue weighted by molar-refractivity contribution is -0.383. The van der Waals surface area contributed by atoms with Gasteiger partial charge in [-0.2, -0.15) is 0 Å². The van der Waals surface area contributed by atoms with Crippen molar-refractivity contribution < 1.29 is 10.0 Å². The van der Waals surface area contributed by atoms with Gasteiger partial charge in [-0.3, -0.25) is 10.1 Å². The minimum absolute atomic E-state index is 0.0670. The number of nitrogens with two attached hydrogens (primary N) is 1. The zero-order valence-electron chi connectivity index (χ0n) is 8.38. The lowest BCUT2D eigenvalue weighted by Crippen LogP contribution is -2.22. The maximum atomic E-state index is 10.8. The average molecular weight is 211 g/mol. The molecular formula is C9H13N3O3. The highest BCUT2D eigenvalue weighted by atomic mass is 16.6. The Bertz CT molecular complexity index is 368. The molecule has 0 bridgehead atoms. The summed E-state index contributed by atoms with van der Waals surface area (Å²) < 4.78 is 0. The summed E-state index contributed by atoms with van der Waals surface area (Å²) in [5.41, 5.74) is 5.95. The van der Waals surface area contributed by atoms with Crippen LogP contribution in [-0.4, -0.2) is 30.2 Å². The van der Waals surface area contributed by atoms with Crippen molar-refractivity contribution in [2.45, 2.75) is 0 Å². The SMILES string of the molecule is CN(CCO)c1cccc(N)c1[N+](=O)[O-]. The number of rotatable bonds is 4. The van der Waals surface area contributed by atoms with Gasteiger partial charge < -0.3 is 15.7 Å². The van der Waals surface area contributed by atoms with Crippen molar-refractivity contribution in [3.05, 3.63) is 28.3 Å². The second kappa shape index (κ2) is 4.61. The Balaban J connectivity index is 3.16. The molecule has 0 unspecified atom stereocenters. The molecule has 0 heterocycles. The number of nitro groups is 1. The fraction of sp³-hybridized carbons (Fsp3) is 0.333. The first kappa shape index (κ1) is 11.3. The van der Waals surface area contributed by atoms with Gasteiger partial charge in [0, 0.05) is 13.6 Å². The van der Waals surface area contributed by atoms with Gasteiger partial charge in [-0.15, -0.1) is 0 Å². The van der Waals surface area contributed by atoms with Gasteiger partial charge >= 0.3 is 5.69 Å². The molecule has 0 saturated heterocycles. The molecule has 15 heavy (non-hydrogen) atoms. The molecule has 0 amide bonds. The summed E-state index contributed by atoms with van der Waals surface area (Å²) in [6, 6.07) is 4.73. The second-order valence-corrected chi connectivity index (χ2v) is 3.12. The molecule has 3 N–H and O–H groups in total. The van der Waals surface area contributed by atoms with Crippen LogP contribution in [0.5, 0.6) is 0 Å². The molecular weight excluding hydrogens is 198 g/mol. The number of para-hydroxylation sites is 1. The first-order chi connectivity index (χ1) is 7.07. The van der Waals surface area contributed by atoms with Crippen LogP contribution in [0.15, 0.2) is 18.2 Å². The highest BCUT2D eigenvalue weighted by molar-refractivity contribution is 5.75. The van der Waals surface area contributed by atoms with Crippen molar-refractivity contribution in [1.29, 1.82) is 0 Å². The van der Waals surface area contributed by atoms with Gasteiger partial charge in [0.25, 0.3) is 0 Å². The molecule has 0 spiro atoms. The molecule has 0 fully saturated rings. The molecule has 1 aromatic rings. The van der Waals surface area contributed by atoms with Gasteiger partial charge in [0.1, 0.15) is 11.4 Å². The predicted molar refractivity (Wildman–Crippen MR) is 57.9 cm³/mol. The summed E-state index contributed by atoms with van der Waals surface area (Å²) in [7, 11) is 1.66. The molecule has 0 aliphatic carbocycles. The van der Waals surface area contributed by atoms with E-state index in [-0.39, 0.29) is 18.0 Å². The van der Waals surface area contributed by atoms with Crippen molar-refractivity contribution in [3.63, 3.8) is 0 Å². The Kier molecular flexibility index (Phi) is 3.46. The van der Waals surface area contributed by atoms with Crippen LogP contribution >= 0.6 is 0 Å². The molecule has 6 nitrogen and oxygen atoms in total. The number of likely N-dealkylation sites (N-methyl/N-ethyl adjacent to an activating group) is 1. The van der Waals surface area contributed by atoms with Gasteiger partial charge in [0.15, 0.2) is 0 Å². The largest absolute Gasteiger partial charge is 0.395 e. The van der Waals surface area contributed by atoms with Crippen molar-refractivity contribution in [2.75, 3.05) is 30.8 Å². The second-order valence-electron chi connectivity index (χ2n) is 3.12. The number of nitro benzene ring substituents is 1. The van der Waals surface area contributed by atoms with E-state index < -0.39 is 4.92 Å². The van der Waals surface area contributed by atoms with Crippen LogP contribution in [0, 0.1) is 10.1 Å². The number of benzene rings is 1. The number of anilines is 2. The van der Waals surface area contributed by atoms with Gasteiger partial charge in [-0.25, -0.2) is 0 Å². The van der Waals surface area contributed by atoms with Crippen LogP contribution in [0.3, 0.4) is 0 Å². The third-order valence-electron chi connectivity index (χ3n) is 2.08. The summed E-state index contributed by atoms with van der Waals surface area (Å²) in [5.74, 6) is 0. The molecule has 6 heteroatoms. The number of aliphatic hydroxyl groups excluding tert-OH is 1. The lowest BCUT2D eigenvalue weighted by atomic mass is 10.2. The fourth-order valence-corrected chi connectivity index (χ4v) is 1.33. The zero-order chi connectivity index (χ0) is 11.4. The topological polar surface area (TPSA) is 92.6 Å². The fourth-order valence-electron chi connectivity index (χ4n) is 1.33. The molecule has 1 rings (SSSR count). The highest BCUT2D eigenvalue weighted by Gasteiger charge is 2.19. The predicted octanol–water partition coefficient (Wildman–Crippen LogP) is 0.605. The maximum Gasteiger partial charge on any atom is 0.315 e. The van der Waals surface area contributed by atoms with Crippen LogP contribution in [0.25, 0.3) is 0 Å². The van der Waals surface area contributed by atoms with Gasteiger partial charge in [0.2, 0.25) is 0 Å². The van der Waals surface area contributed by atoms with E-state index in [1.807, 2.05) is 0 Å². The maximum absolute atomic E-state index is 10.8. The number of aliphatic hydroxyl groups is 1. The van der Waals surface area contributed by atoms with Crippen molar-refractivity contribution in [3.8, 4) is 0 Å². The summed E-state index contributed by atoms with van der Waals surface area (Å²) in [6.07, 6.45) is 0. The monoisotopic (exact) mass is 211 g/mol. The number of nitrogens with zero attached hydrogens (tertiary/aromatic N) is 2. The van der Waals surface area contributed by atoms with E-state index in [4.69, 9.17) is 10.8 Å². The zero-order valence-corrected chi connectivity index (χ0v) is 8.38. The van der Waals surface area contributed by atoms with Crippen LogP contribution in [-0.2, 0) is 0 Å². The normalized spacial score (nSPS) is 10.0. The average Bonchev–Trinajstić information content (AvgIpc) is 2.17. The van der Waals surface area contributed by atoms with E-state index in [2.05, 4.69) is 0 Å². The van der Waals surface area contributed by atoms with E-state index in [0.29, 0.717) is 12.2 Å². The quantitative estimate of drug-likeness (QED) is 0.432. The van der Waals surface area contributed by atoms with E-state index in [1.165, 1.54) is 6.07 Å². The van der Waals surface area contributed by atoms with E-state index in [9.17, 15) is 10.1 Å². The summed E-state index contributed by atoms with van der Waals surface area (Å²) >= 11 is 0. The molecule has 0 aromatic heterocycles. The van der Waals surface area contributed by atoms with Gasteiger partial charge in [0.05, 0.1) is 11.5 Å². The van der Waals surface area contributed by atoms with Crippen LogP contribution in [0.2, 0.25) is 0 Å². The number of nitrogen functional groups attached to an aromatic ring is 1. The molecule has 0 atom stereocenters. The van der Waals surface area contributed by atoms with E-state index in [1.54, 1.807) is 24.1 Å². The Labute approximate surface area is 87.1 Å². The minimum atomic E-state index is -0.515. The van der Waals surface area contributed by atoms with Crippen molar-refractivity contribution in [1.82, 2.24) is 0 Å². The highest BCUT2D eigenvalue weighted by Crippen LogP contribution is 2.32. The smallest absolute Gasteiger partial charge is 0.315 e. The molecule has 0 radical (unpaired) electrons. The van der Waals surface area contributed by atoms with Gasteiger partial charge in [-0.1, -0.05) is 6.07 Å². The molecule has 0 saturated carbocycles. The molecule has 0 aliphatic rings. The Hall–Kier alpha value is -1.82. The van der Waals surface area contributed by atoms with Crippen LogP contribution in [0.4, 0.5) is 17.1 Å². The number of hydrogen-bond donors (Lipinski definition) is 2. The van der Waals surface area contributed by atoms with Crippen LogP contribution in [0.1, 0.15) is 0 Å². The van der Waals surface area contributed by atoms with Gasteiger partial charge in [-0.05, 0) is 12.1 Å². The van der Waals surface area contributed by atoms with Crippen LogP contribution < -0.4 is 10.6 Å². The molecule has 0 aliphatic heterocycles. The first-order valence-corrected chi connectivity index (χ1v) is 4.42. The van der Waals surface area contributed by atoms with E-state index in [0.717, 1.165) is 0 Å². The van der Waals surface area contributed by atoms with E-state index >= 15 is 0 Å². The Morgan fingerprint density at radius 3 is 2.80 bits per heavy atom. The molecule has 1 aromatic carbocycles. The third-order valence-corrected chi connectivity index (χ3v) is 2.08. The Morgan fingerprint density at radius 2 is 2.27 bits per heavy atom. The third kappa shape index (κ3) is 2.35. The standard InChI is InChI=1S/C9H13N3O3/c1-11(5-6-13)8-4-2-3-7(10)9(8)12(14)15/h2-4,13H,5-6,10H2,1H3. The lowest BCUT2D eigenvalue weighted by Gasteiger charge is -2.18. The minimum Gasteiger partial charge on any atom is -0.395 e.